The Labute approximate surface area is 195 Å². The van der Waals surface area contributed by atoms with Crippen molar-refractivity contribution in [1.29, 1.82) is 0 Å². The van der Waals surface area contributed by atoms with Crippen LogP contribution in [0.1, 0.15) is 25.3 Å². The first-order valence-electron chi connectivity index (χ1n) is 11.3. The number of morpholine rings is 1. The highest BCUT2D eigenvalue weighted by atomic mass is 16.7. The van der Waals surface area contributed by atoms with Crippen molar-refractivity contribution < 1.29 is 24.3 Å². The molecule has 1 aliphatic heterocycles. The number of aromatic amines is 2. The number of anilines is 1. The summed E-state index contributed by atoms with van der Waals surface area (Å²) in [6.45, 7) is 5.42. The zero-order valence-corrected chi connectivity index (χ0v) is 18.8. The van der Waals surface area contributed by atoms with Crippen molar-refractivity contribution >= 4 is 28.7 Å². The molecule has 0 bridgehead atoms. The summed E-state index contributed by atoms with van der Waals surface area (Å²) in [6, 6.07) is 5.26. The van der Waals surface area contributed by atoms with Crippen molar-refractivity contribution in [2.45, 2.75) is 38.5 Å². The van der Waals surface area contributed by atoms with Crippen LogP contribution in [-0.4, -0.2) is 85.7 Å². The predicted octanol–water partition coefficient (Wildman–Crippen LogP) is 1.62. The fraction of sp³-hybridized carbons (Fsp3) is 0.455. The lowest BCUT2D eigenvalue weighted by Gasteiger charge is -2.26. The number of hydroxylamine groups is 2. The third-order valence-electron chi connectivity index (χ3n) is 5.77. The number of aliphatic hydroxyl groups excluding tert-OH is 1. The summed E-state index contributed by atoms with van der Waals surface area (Å²) in [7, 11) is 0. The Morgan fingerprint density at radius 3 is 2.88 bits per heavy atom. The molecular formula is C22H27N7O5. The number of fused-ring (bicyclic) bond motifs is 1. The fourth-order valence-electron chi connectivity index (χ4n) is 3.78. The summed E-state index contributed by atoms with van der Waals surface area (Å²) in [4.78, 5) is 40.0. The van der Waals surface area contributed by atoms with Gasteiger partial charge in [0.25, 0.3) is 0 Å². The van der Waals surface area contributed by atoms with Crippen LogP contribution < -0.4 is 5.32 Å². The molecule has 34 heavy (non-hydrogen) atoms. The van der Waals surface area contributed by atoms with Crippen LogP contribution in [0, 0.1) is 0 Å². The predicted molar refractivity (Wildman–Crippen MR) is 121 cm³/mol. The zero-order chi connectivity index (χ0) is 23.7. The monoisotopic (exact) mass is 469 g/mol. The van der Waals surface area contributed by atoms with Crippen LogP contribution in [0.2, 0.25) is 0 Å². The number of ether oxygens (including phenoxy) is 1. The van der Waals surface area contributed by atoms with Crippen molar-refractivity contribution in [3.63, 3.8) is 0 Å². The Morgan fingerprint density at radius 1 is 1.35 bits per heavy atom. The molecule has 2 aliphatic rings. The second kappa shape index (κ2) is 9.41. The third kappa shape index (κ3) is 4.88. The number of benzene rings is 1. The molecule has 12 nitrogen and oxygen atoms in total. The molecule has 1 saturated heterocycles. The van der Waals surface area contributed by atoms with Gasteiger partial charge in [-0.2, -0.15) is 10.2 Å². The lowest BCUT2D eigenvalue weighted by Crippen LogP contribution is -2.40. The number of amides is 2. The topological polar surface area (TPSA) is 149 Å². The third-order valence-corrected chi connectivity index (χ3v) is 5.77. The maximum atomic E-state index is 12.8. The fourth-order valence-corrected chi connectivity index (χ4v) is 3.78. The van der Waals surface area contributed by atoms with E-state index < -0.39 is 18.1 Å². The maximum absolute atomic E-state index is 12.8. The van der Waals surface area contributed by atoms with Gasteiger partial charge in [-0.25, -0.2) is 14.6 Å². The Bertz CT molecular complexity index is 1180. The minimum Gasteiger partial charge on any atom is -0.382 e. The number of imidazole rings is 1. The van der Waals surface area contributed by atoms with Gasteiger partial charge in [0.1, 0.15) is 0 Å². The molecular weight excluding hydrogens is 442 g/mol. The van der Waals surface area contributed by atoms with Crippen LogP contribution in [0.15, 0.2) is 24.4 Å². The number of aromatic nitrogens is 4. The molecule has 1 unspecified atom stereocenters. The number of nitrogens with one attached hydrogen (secondary N) is 3. The molecule has 4 N–H and O–H groups in total. The van der Waals surface area contributed by atoms with Crippen molar-refractivity contribution in [2.75, 3.05) is 31.6 Å². The molecule has 0 spiro atoms. The van der Waals surface area contributed by atoms with E-state index in [2.05, 4.69) is 36.4 Å². The lowest BCUT2D eigenvalue weighted by atomic mass is 10.2. The number of carbonyl (C=O) groups excluding carboxylic acids is 2. The molecule has 3 aromatic rings. The van der Waals surface area contributed by atoms with Gasteiger partial charge in [-0.15, -0.1) is 0 Å². The van der Waals surface area contributed by atoms with E-state index in [0.717, 1.165) is 67.3 Å². The number of nitrogens with zero attached hydrogens (tertiary/aromatic N) is 4. The van der Waals surface area contributed by atoms with Crippen molar-refractivity contribution in [3.8, 4) is 11.5 Å². The van der Waals surface area contributed by atoms with E-state index in [1.54, 1.807) is 0 Å². The van der Waals surface area contributed by atoms with E-state index in [0.29, 0.717) is 17.2 Å². The Balaban J connectivity index is 1.32. The number of hydrogen-bond donors (Lipinski definition) is 4. The van der Waals surface area contributed by atoms with E-state index in [-0.39, 0.29) is 6.04 Å². The first-order chi connectivity index (χ1) is 16.5. The molecule has 1 aromatic carbocycles. The number of rotatable bonds is 6. The van der Waals surface area contributed by atoms with Crippen LogP contribution in [0.4, 0.5) is 10.5 Å². The minimum atomic E-state index is -1.33. The lowest BCUT2D eigenvalue weighted by molar-refractivity contribution is -0.186. The van der Waals surface area contributed by atoms with E-state index in [9.17, 15) is 14.7 Å². The highest BCUT2D eigenvalue weighted by Crippen LogP contribution is 2.30. The average Bonchev–Trinajstić information content (AvgIpc) is 3.41. The molecule has 1 aliphatic carbocycles. The van der Waals surface area contributed by atoms with E-state index in [4.69, 9.17) is 9.57 Å². The molecule has 1 atom stereocenters. The molecule has 12 heteroatoms. The highest BCUT2D eigenvalue weighted by Gasteiger charge is 2.37. The quantitative estimate of drug-likeness (QED) is 0.398. The first kappa shape index (κ1) is 22.3. The number of aliphatic hydroxyl groups is 1. The number of hydrogen-bond acceptors (Lipinski definition) is 8. The van der Waals surface area contributed by atoms with Crippen LogP contribution in [0.3, 0.4) is 0 Å². The Morgan fingerprint density at radius 2 is 2.15 bits per heavy atom. The van der Waals surface area contributed by atoms with Gasteiger partial charge in [0.05, 0.1) is 36.0 Å². The van der Waals surface area contributed by atoms with Crippen LogP contribution >= 0.6 is 0 Å². The highest BCUT2D eigenvalue weighted by molar-refractivity contribution is 5.94. The molecule has 1 saturated carbocycles. The van der Waals surface area contributed by atoms with Crippen molar-refractivity contribution in [2.24, 2.45) is 0 Å². The summed E-state index contributed by atoms with van der Waals surface area (Å²) in [6.07, 6.45) is 1.64. The van der Waals surface area contributed by atoms with E-state index in [1.165, 1.54) is 13.1 Å². The Hall–Kier alpha value is -3.48. The van der Waals surface area contributed by atoms with Crippen molar-refractivity contribution in [3.05, 3.63) is 30.0 Å². The van der Waals surface area contributed by atoms with Gasteiger partial charge in [-0.3, -0.25) is 10.00 Å². The number of urea groups is 1. The summed E-state index contributed by atoms with van der Waals surface area (Å²) < 4.78 is 5.41. The second-order valence-electron chi connectivity index (χ2n) is 8.55. The van der Waals surface area contributed by atoms with Crippen molar-refractivity contribution in [1.82, 2.24) is 30.1 Å². The molecule has 2 amide bonds. The summed E-state index contributed by atoms with van der Waals surface area (Å²) >= 11 is 0. The normalized spacial score (nSPS) is 17.5. The van der Waals surface area contributed by atoms with Gasteiger partial charge < -0.3 is 25.0 Å². The van der Waals surface area contributed by atoms with Crippen LogP contribution in [0.5, 0.6) is 0 Å². The van der Waals surface area contributed by atoms with E-state index in [1.807, 2.05) is 12.1 Å². The smallest absolute Gasteiger partial charge is 0.360 e. The summed E-state index contributed by atoms with van der Waals surface area (Å²) in [5.41, 5.74) is 3.62. The number of H-pyrrole nitrogens is 2. The van der Waals surface area contributed by atoms with E-state index >= 15 is 0 Å². The molecule has 2 aromatic heterocycles. The Kier molecular flexibility index (Phi) is 6.18. The molecule has 180 valence electrons. The molecule has 5 rings (SSSR count). The van der Waals surface area contributed by atoms with Crippen LogP contribution in [0.25, 0.3) is 22.6 Å². The van der Waals surface area contributed by atoms with Gasteiger partial charge in [0.2, 0.25) is 0 Å². The SMILES string of the molecule is CC(O)C(=O)ON(C(=O)Nc1c[nH]nc1-c1nc2cc(CN3CCOCC3)ccc2[nH]1)C1CC1. The summed E-state index contributed by atoms with van der Waals surface area (Å²) in [5, 5.41) is 20.1. The minimum absolute atomic E-state index is 0.214. The first-order valence-corrected chi connectivity index (χ1v) is 11.3. The molecule has 0 radical (unpaired) electrons. The molecule has 3 heterocycles. The second-order valence-corrected chi connectivity index (χ2v) is 8.55. The summed E-state index contributed by atoms with van der Waals surface area (Å²) in [5.74, 6) is -0.395. The van der Waals surface area contributed by atoms with Gasteiger partial charge in [-0.1, -0.05) is 6.07 Å². The standard InChI is InChI=1S/C22H27N7O5/c1-13(30)21(31)34-29(15-3-4-15)22(32)26-18-11-23-27-19(18)20-24-16-5-2-14(10-17(16)25-20)12-28-6-8-33-9-7-28/h2,5,10-11,13,15,30H,3-4,6-9,12H2,1H3,(H,23,27)(H,24,25)(H,26,32). The van der Waals surface area contributed by atoms with Gasteiger partial charge >= 0.3 is 12.0 Å². The maximum Gasteiger partial charge on any atom is 0.360 e. The van der Waals surface area contributed by atoms with Crippen LogP contribution in [-0.2, 0) is 20.9 Å². The average molecular weight is 470 g/mol. The van der Waals surface area contributed by atoms with Gasteiger partial charge in [0.15, 0.2) is 17.6 Å². The largest absolute Gasteiger partial charge is 0.382 e. The van der Waals surface area contributed by atoms with Gasteiger partial charge in [-0.05, 0) is 37.5 Å². The number of carbonyl (C=O) groups is 2. The molecule has 2 fully saturated rings. The zero-order valence-electron chi connectivity index (χ0n) is 18.8. The van der Waals surface area contributed by atoms with Gasteiger partial charge in [0, 0.05) is 25.8 Å².